The molecule has 2 rings (SSSR count). The van der Waals surface area contributed by atoms with Crippen LogP contribution in [0.2, 0.25) is 0 Å². The summed E-state index contributed by atoms with van der Waals surface area (Å²) < 4.78 is 68.3. The molecule has 0 aromatic heterocycles. The van der Waals surface area contributed by atoms with Gasteiger partial charge in [-0.25, -0.2) is 13.2 Å². The third-order valence-corrected chi connectivity index (χ3v) is 6.67. The largest absolute Gasteiger partial charge is 0.454 e. The van der Waals surface area contributed by atoms with Gasteiger partial charge in [-0.15, -0.1) is 0 Å². The molecule has 0 radical (unpaired) electrons. The van der Waals surface area contributed by atoms with Crippen LogP contribution < -0.4 is 0 Å². The number of methoxy groups -OCH3 is 1. The molecule has 1 amide bonds. The molecule has 0 aromatic carbocycles. The second kappa shape index (κ2) is 4.82. The first-order valence-electron chi connectivity index (χ1n) is 6.18. The van der Waals surface area contributed by atoms with E-state index in [1.807, 2.05) is 0 Å². The number of hydrogen-bond donors (Lipinski definition) is 0. The number of β-lactam (4-membered cyclic amide) rings is 1. The molecule has 0 aromatic rings. The molecule has 0 N–H and O–H groups in total. The summed E-state index contributed by atoms with van der Waals surface area (Å²) in [5.41, 5.74) is 0. The molecule has 0 saturated carbocycles. The van der Waals surface area contributed by atoms with Crippen LogP contribution in [0.4, 0.5) is 13.2 Å². The van der Waals surface area contributed by atoms with E-state index in [9.17, 15) is 31.2 Å². The molecule has 2 aliphatic heterocycles. The topological polar surface area (TPSA) is 90.0 Å². The molecule has 0 bridgehead atoms. The van der Waals surface area contributed by atoms with Gasteiger partial charge in [0.25, 0.3) is 5.91 Å². The number of fused-ring (bicyclic) bond motifs is 1. The van der Waals surface area contributed by atoms with Crippen LogP contribution in [-0.2, 0) is 28.9 Å². The Bertz CT molecular complexity index is 614. The van der Waals surface area contributed by atoms with E-state index in [1.54, 1.807) is 0 Å². The van der Waals surface area contributed by atoms with E-state index in [0.717, 1.165) is 12.0 Å². The van der Waals surface area contributed by atoms with Gasteiger partial charge in [-0.3, -0.25) is 4.79 Å². The lowest BCUT2D eigenvalue weighted by Crippen LogP contribution is -2.67. The number of sulfone groups is 1. The lowest BCUT2D eigenvalue weighted by atomic mass is 9.97. The summed E-state index contributed by atoms with van der Waals surface area (Å²) in [6.45, 7) is 0.485. The molecular weight excluding hydrogens is 331 g/mol. The molecule has 7 nitrogen and oxygen atoms in total. The summed E-state index contributed by atoms with van der Waals surface area (Å²) in [5.74, 6) is -2.17. The molecule has 0 unspecified atom stereocenters. The highest BCUT2D eigenvalue weighted by atomic mass is 32.2. The van der Waals surface area contributed by atoms with Crippen molar-refractivity contribution in [3.63, 3.8) is 0 Å². The zero-order valence-corrected chi connectivity index (χ0v) is 12.7. The average Bonchev–Trinajstić information content (AvgIpc) is 2.50. The van der Waals surface area contributed by atoms with Crippen molar-refractivity contribution in [2.75, 3.05) is 13.7 Å². The Morgan fingerprint density at radius 1 is 1.36 bits per heavy atom. The maximum Gasteiger partial charge on any atom is 0.422 e. The predicted molar refractivity (Wildman–Crippen MR) is 65.2 cm³/mol. The normalized spacial score (nSPS) is 32.4. The van der Waals surface area contributed by atoms with Gasteiger partial charge in [0.15, 0.2) is 27.9 Å². The van der Waals surface area contributed by atoms with Crippen LogP contribution in [0, 0.1) is 0 Å². The number of rotatable bonds is 3. The summed E-state index contributed by atoms with van der Waals surface area (Å²) >= 11 is 0. The number of hydrogen-bond acceptors (Lipinski definition) is 6. The molecule has 126 valence electrons. The number of amides is 1. The van der Waals surface area contributed by atoms with Crippen molar-refractivity contribution in [3.05, 3.63) is 0 Å². The van der Waals surface area contributed by atoms with Crippen LogP contribution >= 0.6 is 0 Å². The molecule has 0 aliphatic carbocycles. The Morgan fingerprint density at radius 2 is 1.91 bits per heavy atom. The number of ether oxygens (including phenoxy) is 2. The van der Waals surface area contributed by atoms with Gasteiger partial charge in [0.2, 0.25) is 0 Å². The highest BCUT2D eigenvalue weighted by molar-refractivity contribution is 7.94. The molecule has 3 atom stereocenters. The Morgan fingerprint density at radius 3 is 2.36 bits per heavy atom. The lowest BCUT2D eigenvalue weighted by Gasteiger charge is -2.41. The predicted octanol–water partition coefficient (Wildman–Crippen LogP) is -0.149. The quantitative estimate of drug-likeness (QED) is 0.522. The summed E-state index contributed by atoms with van der Waals surface area (Å²) in [7, 11) is -2.87. The Hall–Kier alpha value is -1.36. The fraction of sp³-hybridized carbons (Fsp3) is 0.818. The van der Waals surface area contributed by atoms with Gasteiger partial charge in [0.1, 0.15) is 10.8 Å². The first-order chi connectivity index (χ1) is 9.86. The number of nitrogens with zero attached hydrogens (tertiary/aromatic N) is 1. The minimum Gasteiger partial charge on any atom is -0.454 e. The van der Waals surface area contributed by atoms with E-state index in [0.29, 0.717) is 0 Å². The fourth-order valence-corrected chi connectivity index (χ4v) is 4.91. The molecule has 2 heterocycles. The molecular formula is C11H14F3NO6S. The Kier molecular flexibility index (Phi) is 3.72. The van der Waals surface area contributed by atoms with Crippen molar-refractivity contribution in [2.45, 2.75) is 42.3 Å². The minimum atomic E-state index is -4.75. The second-order valence-corrected chi connectivity index (χ2v) is 8.19. The van der Waals surface area contributed by atoms with Crippen LogP contribution in [0.25, 0.3) is 0 Å². The highest BCUT2D eigenvalue weighted by Crippen LogP contribution is 2.47. The third-order valence-electron chi connectivity index (χ3n) is 3.87. The molecule has 2 aliphatic rings. The number of esters is 1. The van der Waals surface area contributed by atoms with Crippen molar-refractivity contribution >= 4 is 21.7 Å². The number of carbonyl (C=O) groups is 2. The van der Waals surface area contributed by atoms with Crippen molar-refractivity contribution in [2.24, 2.45) is 0 Å². The third kappa shape index (κ3) is 2.18. The summed E-state index contributed by atoms with van der Waals surface area (Å²) in [6.07, 6.45) is -6.00. The van der Waals surface area contributed by atoms with Crippen LogP contribution in [0.5, 0.6) is 0 Å². The molecule has 2 saturated heterocycles. The van der Waals surface area contributed by atoms with E-state index in [4.69, 9.17) is 4.74 Å². The van der Waals surface area contributed by atoms with Crippen LogP contribution in [0.15, 0.2) is 0 Å². The average molecular weight is 345 g/mol. The number of alkyl halides is 3. The van der Waals surface area contributed by atoms with Gasteiger partial charge in [-0.05, 0) is 13.8 Å². The lowest BCUT2D eigenvalue weighted by molar-refractivity contribution is -0.195. The van der Waals surface area contributed by atoms with Gasteiger partial charge in [0, 0.05) is 7.11 Å². The highest BCUT2D eigenvalue weighted by Gasteiger charge is 2.72. The van der Waals surface area contributed by atoms with E-state index in [2.05, 4.69) is 4.74 Å². The maximum atomic E-state index is 12.4. The maximum absolute atomic E-state index is 12.4. The number of halogens is 3. The zero-order chi connectivity index (χ0) is 17.1. The van der Waals surface area contributed by atoms with Crippen molar-refractivity contribution in [1.29, 1.82) is 0 Å². The van der Waals surface area contributed by atoms with E-state index in [1.165, 1.54) is 13.8 Å². The van der Waals surface area contributed by atoms with Gasteiger partial charge < -0.3 is 14.4 Å². The van der Waals surface area contributed by atoms with Crippen LogP contribution in [0.3, 0.4) is 0 Å². The zero-order valence-electron chi connectivity index (χ0n) is 11.9. The van der Waals surface area contributed by atoms with Crippen LogP contribution in [0.1, 0.15) is 13.8 Å². The molecule has 11 heteroatoms. The minimum absolute atomic E-state index is 0.724. The van der Waals surface area contributed by atoms with Gasteiger partial charge in [0.05, 0.1) is 0 Å². The van der Waals surface area contributed by atoms with E-state index < -0.39 is 56.8 Å². The summed E-state index contributed by atoms with van der Waals surface area (Å²) in [5, 5.41) is -1.39. The van der Waals surface area contributed by atoms with Gasteiger partial charge in [-0.1, -0.05) is 0 Å². The van der Waals surface area contributed by atoms with Crippen molar-refractivity contribution in [1.82, 2.24) is 4.90 Å². The summed E-state index contributed by atoms with van der Waals surface area (Å²) in [4.78, 5) is 24.5. The number of carbonyl (C=O) groups excluding carboxylic acids is 2. The van der Waals surface area contributed by atoms with Crippen molar-refractivity contribution in [3.8, 4) is 0 Å². The smallest absolute Gasteiger partial charge is 0.422 e. The van der Waals surface area contributed by atoms with Gasteiger partial charge >= 0.3 is 12.1 Å². The fourth-order valence-electron chi connectivity index (χ4n) is 2.69. The SMILES string of the molecule is CO[C@H]1C(=O)N2[C@@H](C(=O)OCC(F)(F)F)C(C)(C)S(=O)(=O)[C@H]12. The first-order valence-corrected chi connectivity index (χ1v) is 7.72. The second-order valence-electron chi connectivity index (χ2n) is 5.57. The standard InChI is InChI=1S/C11H14F3NO6S/c1-10(2)6(9(17)21-4-11(12,13)14)15-7(16)5(20-3)8(15)22(10,18)19/h5-6,8H,4H2,1-3H3/t5-,6-,8+/m0/s1. The Balaban J connectivity index is 2.32. The van der Waals surface area contributed by atoms with E-state index >= 15 is 0 Å². The molecule has 22 heavy (non-hydrogen) atoms. The summed E-state index contributed by atoms with van der Waals surface area (Å²) in [6, 6.07) is -1.64. The van der Waals surface area contributed by atoms with Gasteiger partial charge in [-0.2, -0.15) is 13.2 Å². The molecule has 0 spiro atoms. The Labute approximate surface area is 124 Å². The molecule has 2 fully saturated rings. The van der Waals surface area contributed by atoms with Crippen molar-refractivity contribution < 1.29 is 40.7 Å². The monoisotopic (exact) mass is 345 g/mol. The van der Waals surface area contributed by atoms with Crippen LogP contribution in [-0.4, -0.2) is 67.4 Å². The first kappa shape index (κ1) is 17.0. The van der Waals surface area contributed by atoms with E-state index in [-0.39, 0.29) is 0 Å².